The molecule has 2 aromatic carbocycles. The van der Waals surface area contributed by atoms with Gasteiger partial charge < -0.3 is 15.0 Å². The number of esters is 1. The molecule has 0 aromatic heterocycles. The van der Waals surface area contributed by atoms with Gasteiger partial charge >= 0.3 is 5.97 Å². The number of benzene rings is 2. The highest BCUT2D eigenvalue weighted by Gasteiger charge is 2.37. The Hall–Kier alpha value is -2.67. The molecule has 0 spiro atoms. The van der Waals surface area contributed by atoms with Crippen molar-refractivity contribution in [1.82, 2.24) is 0 Å². The van der Waals surface area contributed by atoms with Gasteiger partial charge in [0.15, 0.2) is 6.61 Å². The molecule has 170 valence electrons. The van der Waals surface area contributed by atoms with Gasteiger partial charge in [0.2, 0.25) is 5.91 Å². The smallest absolute Gasteiger partial charge is 0.311 e. The van der Waals surface area contributed by atoms with Crippen molar-refractivity contribution in [3.8, 4) is 0 Å². The molecule has 1 atom stereocenters. The van der Waals surface area contributed by atoms with E-state index in [1.165, 1.54) is 0 Å². The molecular weight excluding hydrogens is 472 g/mol. The molecular formula is C25H29BrN2O4. The van der Waals surface area contributed by atoms with Gasteiger partial charge in [-0.3, -0.25) is 14.4 Å². The van der Waals surface area contributed by atoms with Crippen molar-refractivity contribution in [3.63, 3.8) is 0 Å². The van der Waals surface area contributed by atoms with Crippen LogP contribution in [-0.2, 0) is 32.0 Å². The van der Waals surface area contributed by atoms with Crippen molar-refractivity contribution in [2.24, 2.45) is 5.92 Å². The lowest BCUT2D eigenvalue weighted by molar-refractivity contribution is -0.151. The van der Waals surface area contributed by atoms with Gasteiger partial charge in [-0.15, -0.1) is 0 Å². The Labute approximate surface area is 197 Å². The second-order valence-electron chi connectivity index (χ2n) is 8.12. The van der Waals surface area contributed by atoms with Crippen LogP contribution in [0.15, 0.2) is 34.8 Å². The maximum absolute atomic E-state index is 12.7. The molecule has 0 aliphatic carbocycles. The summed E-state index contributed by atoms with van der Waals surface area (Å²) in [4.78, 5) is 39.3. The fourth-order valence-corrected chi connectivity index (χ4v) is 4.34. The number of carbonyl (C=O) groups is 3. The molecule has 2 aromatic rings. The molecule has 0 bridgehead atoms. The number of hydrogen-bond acceptors (Lipinski definition) is 4. The van der Waals surface area contributed by atoms with Crippen LogP contribution < -0.4 is 10.2 Å². The Morgan fingerprint density at radius 1 is 1.12 bits per heavy atom. The fraction of sp³-hybridized carbons (Fsp3) is 0.400. The van der Waals surface area contributed by atoms with E-state index >= 15 is 0 Å². The number of halogens is 1. The zero-order chi connectivity index (χ0) is 23.4. The average Bonchev–Trinajstić information content (AvgIpc) is 3.16. The Balaban J connectivity index is 1.61. The lowest BCUT2D eigenvalue weighted by Gasteiger charge is -2.23. The largest absolute Gasteiger partial charge is 0.455 e. The van der Waals surface area contributed by atoms with Gasteiger partial charge in [0, 0.05) is 28.8 Å². The molecule has 7 heteroatoms. The molecule has 2 amide bonds. The van der Waals surface area contributed by atoms with Crippen LogP contribution in [0.1, 0.15) is 42.5 Å². The molecule has 1 fully saturated rings. The highest BCUT2D eigenvalue weighted by Crippen LogP contribution is 2.33. The van der Waals surface area contributed by atoms with E-state index in [2.05, 4.69) is 35.1 Å². The van der Waals surface area contributed by atoms with E-state index in [4.69, 9.17) is 4.74 Å². The van der Waals surface area contributed by atoms with Crippen LogP contribution >= 0.6 is 15.9 Å². The van der Waals surface area contributed by atoms with Crippen LogP contribution in [-0.4, -0.2) is 30.9 Å². The topological polar surface area (TPSA) is 75.7 Å². The molecule has 1 aliphatic rings. The number of ether oxygens (including phenoxy) is 1. The van der Waals surface area contributed by atoms with Crippen LogP contribution in [0.3, 0.4) is 0 Å². The number of amides is 2. The first-order chi connectivity index (χ1) is 15.2. The number of para-hydroxylation sites is 1. The van der Waals surface area contributed by atoms with Crippen LogP contribution in [0.4, 0.5) is 11.4 Å². The first-order valence-corrected chi connectivity index (χ1v) is 11.7. The van der Waals surface area contributed by atoms with Crippen LogP contribution in [0.25, 0.3) is 0 Å². The number of anilines is 2. The van der Waals surface area contributed by atoms with E-state index in [0.29, 0.717) is 5.69 Å². The van der Waals surface area contributed by atoms with Crippen molar-refractivity contribution < 1.29 is 19.1 Å². The third-order valence-corrected chi connectivity index (χ3v) is 7.01. The molecule has 0 saturated carbocycles. The Morgan fingerprint density at radius 2 is 1.72 bits per heavy atom. The number of nitrogens with zero attached hydrogens (tertiary/aromatic N) is 1. The summed E-state index contributed by atoms with van der Waals surface area (Å²) in [6.45, 7) is 7.87. The lowest BCUT2D eigenvalue weighted by Crippen LogP contribution is -2.29. The predicted octanol–water partition coefficient (Wildman–Crippen LogP) is 4.73. The van der Waals surface area contributed by atoms with Gasteiger partial charge in [0.05, 0.1) is 5.92 Å². The van der Waals surface area contributed by atoms with Crippen molar-refractivity contribution in [2.45, 2.75) is 47.0 Å². The molecule has 1 saturated heterocycles. The van der Waals surface area contributed by atoms with Gasteiger partial charge in [-0.1, -0.05) is 48.0 Å². The summed E-state index contributed by atoms with van der Waals surface area (Å²) >= 11 is 3.50. The number of aryl methyl sites for hydroxylation is 4. The highest BCUT2D eigenvalue weighted by molar-refractivity contribution is 9.10. The molecule has 1 aliphatic heterocycles. The normalized spacial score (nSPS) is 15.7. The minimum absolute atomic E-state index is 0.0900. The Morgan fingerprint density at radius 3 is 2.28 bits per heavy atom. The quantitative estimate of drug-likeness (QED) is 0.557. The zero-order valence-corrected chi connectivity index (χ0v) is 20.5. The van der Waals surface area contributed by atoms with Crippen molar-refractivity contribution in [2.75, 3.05) is 23.4 Å². The van der Waals surface area contributed by atoms with E-state index in [0.717, 1.165) is 45.3 Å². The van der Waals surface area contributed by atoms with Crippen molar-refractivity contribution in [1.29, 1.82) is 0 Å². The summed E-state index contributed by atoms with van der Waals surface area (Å²) in [7, 11) is 0. The molecule has 0 unspecified atom stereocenters. The number of hydrogen-bond donors (Lipinski definition) is 1. The predicted molar refractivity (Wildman–Crippen MR) is 129 cm³/mol. The second-order valence-corrected chi connectivity index (χ2v) is 8.91. The average molecular weight is 501 g/mol. The summed E-state index contributed by atoms with van der Waals surface area (Å²) in [5, 5.41) is 2.76. The maximum atomic E-state index is 12.7. The standard InChI is InChI=1S/C25H29BrN2O4/c1-5-17-8-7-9-18(6-2)24(17)28-13-19(12-22(28)30)25(31)32-14-21(29)27-20-10-15(3)23(26)16(4)11-20/h7-11,19H,5-6,12-14H2,1-4H3,(H,27,29)/t19-/m0/s1. The number of carbonyl (C=O) groups excluding carboxylic acids is 3. The summed E-state index contributed by atoms with van der Waals surface area (Å²) in [6, 6.07) is 9.73. The summed E-state index contributed by atoms with van der Waals surface area (Å²) in [6.07, 6.45) is 1.70. The SMILES string of the molecule is CCc1cccc(CC)c1N1C[C@@H](C(=O)OCC(=O)Nc2cc(C)c(Br)c(C)c2)CC1=O. The summed E-state index contributed by atoms with van der Waals surface area (Å²) in [5.41, 5.74) is 5.74. The van der Waals surface area contributed by atoms with Crippen LogP contribution in [0, 0.1) is 19.8 Å². The van der Waals surface area contributed by atoms with E-state index < -0.39 is 17.8 Å². The van der Waals surface area contributed by atoms with E-state index in [1.54, 1.807) is 4.90 Å². The van der Waals surface area contributed by atoms with Crippen molar-refractivity contribution in [3.05, 3.63) is 57.1 Å². The molecule has 6 nitrogen and oxygen atoms in total. The molecule has 0 radical (unpaired) electrons. The first kappa shape index (κ1) is 24.0. The third kappa shape index (κ3) is 5.21. The molecule has 32 heavy (non-hydrogen) atoms. The van der Waals surface area contributed by atoms with Crippen LogP contribution in [0.5, 0.6) is 0 Å². The van der Waals surface area contributed by atoms with E-state index in [9.17, 15) is 14.4 Å². The fourth-order valence-electron chi connectivity index (χ4n) is 4.11. The third-order valence-electron chi connectivity index (χ3n) is 5.76. The maximum Gasteiger partial charge on any atom is 0.311 e. The molecule has 3 rings (SSSR count). The van der Waals surface area contributed by atoms with Gasteiger partial charge in [-0.2, -0.15) is 0 Å². The lowest BCUT2D eigenvalue weighted by atomic mass is 10.0. The van der Waals surface area contributed by atoms with Gasteiger partial charge in [0.1, 0.15) is 0 Å². The monoisotopic (exact) mass is 500 g/mol. The molecule has 1 N–H and O–H groups in total. The van der Waals surface area contributed by atoms with E-state index in [1.807, 2.05) is 44.2 Å². The number of nitrogens with one attached hydrogen (secondary N) is 1. The Kier molecular flexibility index (Phi) is 7.72. The zero-order valence-electron chi connectivity index (χ0n) is 19.0. The van der Waals surface area contributed by atoms with Gasteiger partial charge in [0.25, 0.3) is 5.91 Å². The summed E-state index contributed by atoms with van der Waals surface area (Å²) in [5.74, 6) is -1.61. The minimum Gasteiger partial charge on any atom is -0.455 e. The second kappa shape index (κ2) is 10.3. The molecule has 1 heterocycles. The van der Waals surface area contributed by atoms with Gasteiger partial charge in [-0.05, 0) is 61.1 Å². The highest BCUT2D eigenvalue weighted by atomic mass is 79.9. The first-order valence-electron chi connectivity index (χ1n) is 10.9. The number of rotatable bonds is 7. The van der Waals surface area contributed by atoms with Crippen molar-refractivity contribution >= 4 is 45.1 Å². The van der Waals surface area contributed by atoms with E-state index in [-0.39, 0.29) is 25.5 Å². The minimum atomic E-state index is -0.581. The summed E-state index contributed by atoms with van der Waals surface area (Å²) < 4.78 is 6.24. The van der Waals surface area contributed by atoms with Gasteiger partial charge in [-0.25, -0.2) is 0 Å². The Bertz CT molecular complexity index is 1000. The van der Waals surface area contributed by atoms with Crippen LogP contribution in [0.2, 0.25) is 0 Å².